The Labute approximate surface area is 185 Å². The van der Waals surface area contributed by atoms with E-state index in [0.29, 0.717) is 30.2 Å². The number of aryl methyl sites for hydroxylation is 1. The van der Waals surface area contributed by atoms with Crippen molar-refractivity contribution in [3.8, 4) is 0 Å². The predicted molar refractivity (Wildman–Crippen MR) is 120 cm³/mol. The molecule has 0 saturated carbocycles. The van der Waals surface area contributed by atoms with Gasteiger partial charge >= 0.3 is 5.97 Å². The van der Waals surface area contributed by atoms with Crippen LogP contribution in [0.5, 0.6) is 0 Å². The molecule has 2 unspecified atom stereocenters. The molecule has 2 heterocycles. The summed E-state index contributed by atoms with van der Waals surface area (Å²) in [6.07, 6.45) is 2.71. The van der Waals surface area contributed by atoms with Crippen molar-refractivity contribution in [1.82, 2.24) is 10.3 Å². The van der Waals surface area contributed by atoms with Gasteiger partial charge in [0.2, 0.25) is 0 Å². The number of aromatic carboxylic acids is 1. The normalized spacial score (nSPS) is 17.0. The number of carbonyl (C=O) groups excluding carboxylic acids is 1. The second-order valence-electron chi connectivity index (χ2n) is 7.43. The summed E-state index contributed by atoms with van der Waals surface area (Å²) in [6, 6.07) is 6.46. The largest absolute Gasteiger partial charge is 0.476 e. The van der Waals surface area contributed by atoms with Crippen LogP contribution < -0.4 is 10.6 Å². The first-order valence-corrected chi connectivity index (χ1v) is 10.3. The van der Waals surface area contributed by atoms with Gasteiger partial charge < -0.3 is 20.5 Å². The highest BCUT2D eigenvalue weighted by Gasteiger charge is 2.22. The number of anilines is 1. The SMILES string of the molecule is CNC(=O)c1cc(C)cc(C(C)Nc2ccc(Cl)nc2C(=O)O)c1N=CC1CCOC1. The lowest BCUT2D eigenvalue weighted by Gasteiger charge is -2.21. The van der Waals surface area contributed by atoms with Gasteiger partial charge in [0.25, 0.3) is 5.91 Å². The molecule has 1 fully saturated rings. The molecule has 9 heteroatoms. The Morgan fingerprint density at radius 2 is 2.16 bits per heavy atom. The number of carboxylic acid groups (broad SMARTS) is 1. The second-order valence-corrected chi connectivity index (χ2v) is 7.82. The molecule has 1 amide bonds. The highest BCUT2D eigenvalue weighted by atomic mass is 35.5. The number of hydrogen-bond donors (Lipinski definition) is 3. The van der Waals surface area contributed by atoms with E-state index in [1.54, 1.807) is 19.2 Å². The van der Waals surface area contributed by atoms with Gasteiger partial charge in [-0.15, -0.1) is 0 Å². The van der Waals surface area contributed by atoms with E-state index in [4.69, 9.17) is 16.3 Å². The van der Waals surface area contributed by atoms with Crippen LogP contribution in [0.15, 0.2) is 29.3 Å². The van der Waals surface area contributed by atoms with Crippen LogP contribution in [-0.4, -0.2) is 48.4 Å². The van der Waals surface area contributed by atoms with Crippen molar-refractivity contribution in [3.63, 3.8) is 0 Å². The molecular weight excluding hydrogens is 420 g/mol. The molecule has 2 aromatic rings. The third kappa shape index (κ3) is 5.39. The lowest BCUT2D eigenvalue weighted by Crippen LogP contribution is -2.20. The van der Waals surface area contributed by atoms with Gasteiger partial charge in [-0.3, -0.25) is 9.79 Å². The van der Waals surface area contributed by atoms with Crippen LogP contribution >= 0.6 is 11.6 Å². The van der Waals surface area contributed by atoms with Crippen molar-refractivity contribution < 1.29 is 19.4 Å². The molecule has 0 radical (unpaired) electrons. The van der Waals surface area contributed by atoms with Gasteiger partial charge in [-0.1, -0.05) is 17.7 Å². The average Bonchev–Trinajstić information content (AvgIpc) is 3.26. The van der Waals surface area contributed by atoms with Gasteiger partial charge in [0.1, 0.15) is 5.15 Å². The molecule has 1 aliphatic heterocycles. The third-order valence-corrected chi connectivity index (χ3v) is 5.25. The number of nitrogens with one attached hydrogen (secondary N) is 2. The summed E-state index contributed by atoms with van der Waals surface area (Å²) in [7, 11) is 1.57. The number of carbonyl (C=O) groups is 2. The number of aromatic nitrogens is 1. The highest BCUT2D eigenvalue weighted by molar-refractivity contribution is 6.29. The van der Waals surface area contributed by atoms with Gasteiger partial charge in [0.15, 0.2) is 5.69 Å². The Hall–Kier alpha value is -2.97. The number of nitrogens with zero attached hydrogens (tertiary/aromatic N) is 2. The molecule has 1 aromatic carbocycles. The van der Waals surface area contributed by atoms with Gasteiger partial charge in [0.05, 0.1) is 29.6 Å². The minimum Gasteiger partial charge on any atom is -0.476 e. The van der Waals surface area contributed by atoms with Crippen molar-refractivity contribution in [2.45, 2.75) is 26.3 Å². The van der Waals surface area contributed by atoms with Crippen LogP contribution in [0.1, 0.15) is 51.4 Å². The van der Waals surface area contributed by atoms with Gasteiger partial charge in [-0.25, -0.2) is 9.78 Å². The first kappa shape index (κ1) is 22.7. The summed E-state index contributed by atoms with van der Waals surface area (Å²) >= 11 is 5.86. The number of ether oxygens (including phenoxy) is 1. The smallest absolute Gasteiger partial charge is 0.356 e. The Balaban J connectivity index is 2.03. The number of benzene rings is 1. The number of aliphatic imine (C=N–C) groups is 1. The van der Waals surface area contributed by atoms with Gasteiger partial charge in [0, 0.05) is 31.4 Å². The predicted octanol–water partition coefficient (Wildman–Crippen LogP) is 4.01. The minimum absolute atomic E-state index is 0.0946. The quantitative estimate of drug-likeness (QED) is 0.439. The summed E-state index contributed by atoms with van der Waals surface area (Å²) in [5.41, 5.74) is 2.79. The summed E-state index contributed by atoms with van der Waals surface area (Å²) < 4.78 is 5.41. The van der Waals surface area contributed by atoms with Crippen LogP contribution in [0.2, 0.25) is 5.15 Å². The molecular formula is C22H25ClN4O4. The number of hydrogen-bond acceptors (Lipinski definition) is 6. The number of carboxylic acids is 1. The van der Waals surface area contributed by atoms with Gasteiger partial charge in [-0.05, 0) is 44.0 Å². The molecule has 1 aliphatic rings. The fraction of sp³-hybridized carbons (Fsp3) is 0.364. The number of halogens is 1. The van der Waals surface area contributed by atoms with Crippen LogP contribution in [0.25, 0.3) is 0 Å². The molecule has 3 rings (SSSR count). The zero-order valence-electron chi connectivity index (χ0n) is 17.6. The van der Waals surface area contributed by atoms with E-state index in [2.05, 4.69) is 20.6 Å². The molecule has 0 aliphatic carbocycles. The van der Waals surface area contributed by atoms with Gasteiger partial charge in [-0.2, -0.15) is 0 Å². The van der Waals surface area contributed by atoms with Crippen LogP contribution in [0, 0.1) is 12.8 Å². The van der Waals surface area contributed by atoms with Crippen molar-refractivity contribution in [2.24, 2.45) is 10.9 Å². The topological polar surface area (TPSA) is 113 Å². The minimum atomic E-state index is -1.19. The van der Waals surface area contributed by atoms with Crippen molar-refractivity contribution in [2.75, 3.05) is 25.6 Å². The Bertz CT molecular complexity index is 1020. The van der Waals surface area contributed by atoms with E-state index >= 15 is 0 Å². The first-order valence-electron chi connectivity index (χ1n) is 9.95. The maximum atomic E-state index is 12.6. The third-order valence-electron chi connectivity index (χ3n) is 5.04. The van der Waals surface area contributed by atoms with Crippen molar-refractivity contribution in [1.29, 1.82) is 0 Å². The van der Waals surface area contributed by atoms with Crippen molar-refractivity contribution >= 4 is 41.1 Å². The van der Waals surface area contributed by atoms with E-state index in [1.807, 2.05) is 26.1 Å². The molecule has 3 N–H and O–H groups in total. The monoisotopic (exact) mass is 444 g/mol. The zero-order valence-corrected chi connectivity index (χ0v) is 18.4. The fourth-order valence-corrected chi connectivity index (χ4v) is 3.61. The fourth-order valence-electron chi connectivity index (χ4n) is 3.46. The first-order chi connectivity index (χ1) is 14.8. The molecule has 0 spiro atoms. The van der Waals surface area contributed by atoms with E-state index < -0.39 is 5.97 Å². The summed E-state index contributed by atoms with van der Waals surface area (Å²) in [4.78, 5) is 32.7. The zero-order chi connectivity index (χ0) is 22.5. The van der Waals surface area contributed by atoms with Crippen LogP contribution in [0.3, 0.4) is 0 Å². The molecule has 31 heavy (non-hydrogen) atoms. The second kappa shape index (κ2) is 9.89. The number of rotatable bonds is 7. The molecule has 2 atom stereocenters. The maximum Gasteiger partial charge on any atom is 0.356 e. The van der Waals surface area contributed by atoms with Crippen LogP contribution in [0.4, 0.5) is 11.4 Å². The average molecular weight is 445 g/mol. The van der Waals surface area contributed by atoms with E-state index in [0.717, 1.165) is 17.5 Å². The summed E-state index contributed by atoms with van der Waals surface area (Å²) in [6.45, 7) is 5.07. The summed E-state index contributed by atoms with van der Waals surface area (Å²) in [5.74, 6) is -1.24. The lowest BCUT2D eigenvalue weighted by molar-refractivity contribution is 0.0691. The maximum absolute atomic E-state index is 12.6. The van der Waals surface area contributed by atoms with E-state index in [9.17, 15) is 14.7 Å². The lowest BCUT2D eigenvalue weighted by atomic mass is 9.97. The molecule has 164 valence electrons. The molecule has 0 bridgehead atoms. The Kier molecular flexibility index (Phi) is 7.25. The number of pyridine rings is 1. The Morgan fingerprint density at radius 1 is 1.39 bits per heavy atom. The van der Waals surface area contributed by atoms with E-state index in [1.165, 1.54) is 6.07 Å². The van der Waals surface area contributed by atoms with E-state index in [-0.39, 0.29) is 28.7 Å². The summed E-state index contributed by atoms with van der Waals surface area (Å²) in [5, 5.41) is 15.4. The molecule has 1 aromatic heterocycles. The standard InChI is InChI=1S/C22H25ClN4O4/c1-12-8-15(13(2)26-17-4-5-18(23)27-20(17)22(29)30)19(16(9-12)21(28)24-3)25-10-14-6-7-31-11-14/h4-5,8-10,13-14,26H,6-7,11H2,1-3H3,(H,24,28)(H,29,30). The molecule has 1 saturated heterocycles. The Morgan fingerprint density at radius 3 is 2.81 bits per heavy atom. The van der Waals surface area contributed by atoms with Crippen LogP contribution in [-0.2, 0) is 4.74 Å². The highest BCUT2D eigenvalue weighted by Crippen LogP contribution is 2.34. The number of amides is 1. The molecule has 8 nitrogen and oxygen atoms in total. The van der Waals surface area contributed by atoms with Crippen molar-refractivity contribution in [3.05, 3.63) is 51.8 Å².